The van der Waals surface area contributed by atoms with Crippen LogP contribution < -0.4 is 20.1 Å². The molecule has 2 amide bonds. The molecule has 3 atom stereocenters. The van der Waals surface area contributed by atoms with Crippen molar-refractivity contribution in [2.24, 2.45) is 0 Å². The number of hydrogen-bond acceptors (Lipinski definition) is 6. The molecule has 1 fully saturated rings. The summed E-state index contributed by atoms with van der Waals surface area (Å²) in [7, 11) is -2.42. The van der Waals surface area contributed by atoms with Gasteiger partial charge in [0.25, 0.3) is 0 Å². The van der Waals surface area contributed by atoms with E-state index in [2.05, 4.69) is 15.4 Å². The minimum absolute atomic E-state index is 0.0376. The molecule has 0 bridgehead atoms. The van der Waals surface area contributed by atoms with Gasteiger partial charge in [0.1, 0.15) is 17.4 Å². The fourth-order valence-electron chi connectivity index (χ4n) is 3.62. The fraction of sp³-hybridized carbons (Fsp3) is 0.409. The monoisotopic (exact) mass is 499 g/mol. The highest BCUT2D eigenvalue weighted by Crippen LogP contribution is 2.24. The van der Waals surface area contributed by atoms with Crippen LogP contribution in [0.5, 0.6) is 5.75 Å². The van der Waals surface area contributed by atoms with Gasteiger partial charge in [-0.3, -0.25) is 0 Å². The molecule has 2 aromatic rings. The number of anilines is 1. The number of aliphatic hydroxyl groups excluding tert-OH is 1. The van der Waals surface area contributed by atoms with Crippen LogP contribution in [0.4, 0.5) is 19.3 Å². The SMILES string of the molecule is COc1cccc(S(=O)(=O)N[C@H]2CC[C@@H](CCNC(=O)Nc3cc(F)ccc3F)O[C@H]2CO)c1. The maximum Gasteiger partial charge on any atom is 0.319 e. The highest BCUT2D eigenvalue weighted by molar-refractivity contribution is 7.89. The van der Waals surface area contributed by atoms with Crippen LogP contribution in [0.3, 0.4) is 0 Å². The summed E-state index contributed by atoms with van der Waals surface area (Å²) < 4.78 is 65.8. The standard InChI is InChI=1S/C22H27F2N3O6S/c1-32-16-3-2-4-17(12-16)34(30,31)27-19-8-6-15(33-21(19)13-28)9-10-25-22(29)26-20-11-14(23)5-7-18(20)24/h2-5,7,11-12,15,19,21,27-28H,6,8-10,13H2,1H3,(H2,25,26,29)/t15-,19-,21-/m0/s1. The summed E-state index contributed by atoms with van der Waals surface area (Å²) in [4.78, 5) is 12.0. The van der Waals surface area contributed by atoms with Gasteiger partial charge >= 0.3 is 6.03 Å². The number of benzene rings is 2. The van der Waals surface area contributed by atoms with Crippen LogP contribution in [-0.2, 0) is 14.8 Å². The summed E-state index contributed by atoms with van der Waals surface area (Å²) in [6, 6.07) is 7.43. The smallest absolute Gasteiger partial charge is 0.319 e. The molecule has 0 radical (unpaired) electrons. The quantitative estimate of drug-likeness (QED) is 0.420. The molecule has 12 heteroatoms. The molecular weight excluding hydrogens is 472 g/mol. The van der Waals surface area contributed by atoms with Crippen LogP contribution in [0.2, 0.25) is 0 Å². The number of halogens is 2. The van der Waals surface area contributed by atoms with E-state index in [-0.39, 0.29) is 23.2 Å². The van der Waals surface area contributed by atoms with E-state index in [9.17, 15) is 27.1 Å². The lowest BCUT2D eigenvalue weighted by Gasteiger charge is -2.36. The Hall–Kier alpha value is -2.80. The van der Waals surface area contributed by atoms with E-state index >= 15 is 0 Å². The normalized spacial score (nSPS) is 20.5. The van der Waals surface area contributed by atoms with E-state index < -0.39 is 46.4 Å². The zero-order valence-electron chi connectivity index (χ0n) is 18.5. The average Bonchev–Trinajstić information content (AvgIpc) is 2.82. The predicted octanol–water partition coefficient (Wildman–Crippen LogP) is 2.37. The van der Waals surface area contributed by atoms with Crippen molar-refractivity contribution in [3.8, 4) is 5.75 Å². The molecule has 2 aromatic carbocycles. The summed E-state index contributed by atoms with van der Waals surface area (Å²) in [6.45, 7) is -0.222. The fourth-order valence-corrected chi connectivity index (χ4v) is 4.95. The molecule has 34 heavy (non-hydrogen) atoms. The first-order valence-corrected chi connectivity index (χ1v) is 12.1. The van der Waals surface area contributed by atoms with Crippen molar-refractivity contribution in [3.05, 3.63) is 54.1 Å². The molecule has 1 aliphatic rings. The van der Waals surface area contributed by atoms with Crippen molar-refractivity contribution >= 4 is 21.7 Å². The van der Waals surface area contributed by atoms with Gasteiger partial charge < -0.3 is 25.2 Å². The summed E-state index contributed by atoms with van der Waals surface area (Å²) >= 11 is 0. The van der Waals surface area contributed by atoms with Crippen LogP contribution in [0.1, 0.15) is 19.3 Å². The third-order valence-corrected chi connectivity index (χ3v) is 6.87. The second-order valence-electron chi connectivity index (χ2n) is 7.76. The Morgan fingerprint density at radius 2 is 2.00 bits per heavy atom. The van der Waals surface area contributed by atoms with Gasteiger partial charge in [-0.1, -0.05) is 6.07 Å². The number of nitrogens with one attached hydrogen (secondary N) is 3. The van der Waals surface area contributed by atoms with Crippen LogP contribution in [0.15, 0.2) is 47.4 Å². The van der Waals surface area contributed by atoms with E-state index in [1.54, 1.807) is 12.1 Å². The highest BCUT2D eigenvalue weighted by Gasteiger charge is 2.34. The summed E-state index contributed by atoms with van der Waals surface area (Å²) in [5.41, 5.74) is -0.280. The topological polar surface area (TPSA) is 126 Å². The number of ether oxygens (including phenoxy) is 2. The lowest BCUT2D eigenvalue weighted by Crippen LogP contribution is -2.51. The van der Waals surface area contributed by atoms with E-state index in [0.717, 1.165) is 18.2 Å². The first kappa shape index (κ1) is 25.8. The lowest BCUT2D eigenvalue weighted by molar-refractivity contribution is -0.0871. The van der Waals surface area contributed by atoms with Crippen molar-refractivity contribution in [2.45, 2.75) is 42.4 Å². The number of urea groups is 1. The lowest BCUT2D eigenvalue weighted by atomic mass is 9.98. The molecule has 0 spiro atoms. The minimum Gasteiger partial charge on any atom is -0.497 e. The zero-order valence-corrected chi connectivity index (χ0v) is 19.3. The van der Waals surface area contributed by atoms with Gasteiger partial charge in [0.2, 0.25) is 10.0 Å². The number of rotatable bonds is 9. The molecular formula is C22H27F2N3O6S. The Morgan fingerprint density at radius 3 is 2.74 bits per heavy atom. The summed E-state index contributed by atoms with van der Waals surface area (Å²) in [6.07, 6.45) is 0.184. The maximum absolute atomic E-state index is 13.6. The minimum atomic E-state index is -3.86. The number of aliphatic hydroxyl groups is 1. The van der Waals surface area contributed by atoms with Crippen LogP contribution in [0.25, 0.3) is 0 Å². The van der Waals surface area contributed by atoms with Gasteiger partial charge in [-0.05, 0) is 43.5 Å². The van der Waals surface area contributed by atoms with Crippen molar-refractivity contribution in [2.75, 3.05) is 25.6 Å². The molecule has 9 nitrogen and oxygen atoms in total. The Balaban J connectivity index is 1.49. The maximum atomic E-state index is 13.6. The third-order valence-electron chi connectivity index (χ3n) is 5.38. The average molecular weight is 500 g/mol. The molecule has 0 unspecified atom stereocenters. The predicted molar refractivity (Wildman–Crippen MR) is 120 cm³/mol. The molecule has 1 heterocycles. The number of carbonyl (C=O) groups is 1. The number of sulfonamides is 1. The van der Waals surface area contributed by atoms with Crippen molar-refractivity contribution in [3.63, 3.8) is 0 Å². The number of amides is 2. The van der Waals surface area contributed by atoms with E-state index in [0.29, 0.717) is 25.0 Å². The largest absolute Gasteiger partial charge is 0.497 e. The number of carbonyl (C=O) groups excluding carboxylic acids is 1. The Kier molecular flexibility index (Phi) is 8.78. The summed E-state index contributed by atoms with van der Waals surface area (Å²) in [5.74, 6) is -1.04. The van der Waals surface area contributed by atoms with Gasteiger partial charge in [-0.15, -0.1) is 0 Å². The van der Waals surface area contributed by atoms with Crippen LogP contribution in [-0.4, -0.2) is 58.1 Å². The van der Waals surface area contributed by atoms with Gasteiger partial charge in [-0.25, -0.2) is 26.7 Å². The number of methoxy groups -OCH3 is 1. The van der Waals surface area contributed by atoms with Crippen molar-refractivity contribution in [1.29, 1.82) is 0 Å². The molecule has 1 aliphatic heterocycles. The molecule has 0 aliphatic carbocycles. The first-order chi connectivity index (χ1) is 16.2. The Bertz CT molecular complexity index is 1100. The second-order valence-corrected chi connectivity index (χ2v) is 9.47. The Labute approximate surface area is 196 Å². The molecule has 1 saturated heterocycles. The van der Waals surface area contributed by atoms with E-state index in [4.69, 9.17) is 9.47 Å². The van der Waals surface area contributed by atoms with Gasteiger partial charge in [0.05, 0.1) is 42.5 Å². The Morgan fingerprint density at radius 1 is 1.21 bits per heavy atom. The van der Waals surface area contributed by atoms with E-state index in [1.165, 1.54) is 19.2 Å². The van der Waals surface area contributed by atoms with Crippen LogP contribution >= 0.6 is 0 Å². The van der Waals surface area contributed by atoms with E-state index in [1.807, 2.05) is 0 Å². The van der Waals surface area contributed by atoms with Gasteiger partial charge in [0.15, 0.2) is 0 Å². The summed E-state index contributed by atoms with van der Waals surface area (Å²) in [5, 5.41) is 14.5. The highest BCUT2D eigenvalue weighted by atomic mass is 32.2. The molecule has 0 saturated carbocycles. The zero-order chi connectivity index (χ0) is 24.7. The molecule has 3 rings (SSSR count). The first-order valence-electron chi connectivity index (χ1n) is 10.6. The molecule has 0 aromatic heterocycles. The van der Waals surface area contributed by atoms with Crippen molar-refractivity contribution in [1.82, 2.24) is 10.0 Å². The molecule has 4 N–H and O–H groups in total. The number of hydrogen-bond donors (Lipinski definition) is 4. The molecule has 186 valence electrons. The van der Waals surface area contributed by atoms with Gasteiger partial charge in [0, 0.05) is 18.7 Å². The van der Waals surface area contributed by atoms with Gasteiger partial charge in [-0.2, -0.15) is 0 Å². The third kappa shape index (κ3) is 6.86. The van der Waals surface area contributed by atoms with Crippen molar-refractivity contribution < 1.29 is 36.6 Å². The van der Waals surface area contributed by atoms with Crippen LogP contribution in [0, 0.1) is 11.6 Å². The second kappa shape index (κ2) is 11.6.